The molecule has 0 spiro atoms. The van der Waals surface area contributed by atoms with Crippen LogP contribution in [-0.2, 0) is 16.0 Å². The second-order valence-corrected chi connectivity index (χ2v) is 4.72. The van der Waals surface area contributed by atoms with Gasteiger partial charge >= 0.3 is 11.9 Å². The number of aromatic nitrogens is 1. The number of aliphatic carboxylic acids is 2. The molecule has 0 bridgehead atoms. The molecule has 0 atom stereocenters. The number of thioether (sulfide) groups is 1. The third kappa shape index (κ3) is 4.31. The topological polar surface area (TPSA) is 87.5 Å². The molecule has 0 radical (unpaired) electrons. The Morgan fingerprint density at radius 1 is 1.41 bits per heavy atom. The number of carboxylic acids is 2. The number of hydrogen-bond acceptors (Lipinski definition) is 4. The smallest absolute Gasteiger partial charge is 0.313 e. The molecule has 0 aliphatic rings. The third-order valence-electron chi connectivity index (χ3n) is 1.65. The Balaban J connectivity index is 2.97. The number of pyridine rings is 1. The Morgan fingerprint density at radius 2 is 2.06 bits per heavy atom. The average molecular weight is 324 g/mol. The summed E-state index contributed by atoms with van der Waals surface area (Å²) >= 11 is 3.75. The monoisotopic (exact) mass is 323 g/mol. The van der Waals surface area contributed by atoms with E-state index in [-0.39, 0.29) is 20.9 Å². The van der Waals surface area contributed by atoms with Gasteiger partial charge in [-0.15, -0.1) is 0 Å². The lowest BCUT2D eigenvalue weighted by atomic mass is 10.2. The minimum absolute atomic E-state index is 0.0349. The first-order chi connectivity index (χ1) is 7.90. The van der Waals surface area contributed by atoms with Crippen LogP contribution in [0.25, 0.3) is 0 Å². The van der Waals surface area contributed by atoms with Gasteiger partial charge in [-0.05, 0) is 22.0 Å². The van der Waals surface area contributed by atoms with Gasteiger partial charge < -0.3 is 10.2 Å². The summed E-state index contributed by atoms with van der Waals surface area (Å²) in [5.41, 5.74) is -0.0349. The normalized spacial score (nSPS) is 10.2. The Kier molecular flexibility index (Phi) is 4.88. The van der Waals surface area contributed by atoms with E-state index in [4.69, 9.17) is 10.2 Å². The molecular formula is C9H7BrFNO4S. The molecule has 0 aliphatic carbocycles. The molecule has 1 heterocycles. The zero-order valence-corrected chi connectivity index (χ0v) is 10.7. The zero-order valence-electron chi connectivity index (χ0n) is 8.31. The molecule has 17 heavy (non-hydrogen) atoms. The van der Waals surface area contributed by atoms with Crippen LogP contribution in [0.5, 0.6) is 0 Å². The van der Waals surface area contributed by atoms with Crippen molar-refractivity contribution in [2.45, 2.75) is 11.4 Å². The summed E-state index contributed by atoms with van der Waals surface area (Å²) in [6.45, 7) is 0. The van der Waals surface area contributed by atoms with E-state index in [2.05, 4.69) is 20.9 Å². The van der Waals surface area contributed by atoms with Crippen LogP contribution in [0.15, 0.2) is 15.7 Å². The second-order valence-electron chi connectivity index (χ2n) is 2.98. The number of carboxylic acid groups (broad SMARTS) is 2. The molecule has 5 nitrogen and oxygen atoms in total. The number of hydrogen-bond donors (Lipinski definition) is 2. The van der Waals surface area contributed by atoms with Crippen LogP contribution in [0.4, 0.5) is 4.39 Å². The predicted molar refractivity (Wildman–Crippen MR) is 61.6 cm³/mol. The molecule has 1 aromatic heterocycles. The standard InChI is InChI=1S/C9H7BrFNO4S/c10-9-8(11)4(2-6(13)14)1-5(12-9)17-3-7(15)16/h1H,2-3H2,(H,13,14)(H,15,16). The van der Waals surface area contributed by atoms with Crippen LogP contribution in [0.3, 0.4) is 0 Å². The molecule has 0 amide bonds. The van der Waals surface area contributed by atoms with Crippen molar-refractivity contribution in [3.63, 3.8) is 0 Å². The van der Waals surface area contributed by atoms with Gasteiger partial charge in [0.25, 0.3) is 0 Å². The first-order valence-corrected chi connectivity index (χ1v) is 6.09. The fraction of sp³-hybridized carbons (Fsp3) is 0.222. The summed E-state index contributed by atoms with van der Waals surface area (Å²) in [6, 6.07) is 1.24. The van der Waals surface area contributed by atoms with Gasteiger partial charge in [0.05, 0.1) is 17.2 Å². The van der Waals surface area contributed by atoms with Crippen LogP contribution < -0.4 is 0 Å². The zero-order chi connectivity index (χ0) is 13.0. The van der Waals surface area contributed by atoms with Crippen molar-refractivity contribution in [3.05, 3.63) is 22.1 Å². The van der Waals surface area contributed by atoms with Gasteiger partial charge in [-0.2, -0.15) is 0 Å². The molecule has 92 valence electrons. The van der Waals surface area contributed by atoms with E-state index in [9.17, 15) is 14.0 Å². The van der Waals surface area contributed by atoms with Crippen molar-refractivity contribution >= 4 is 39.6 Å². The molecule has 8 heteroatoms. The Bertz CT molecular complexity index is 469. The predicted octanol–water partition coefficient (Wildman–Crippen LogP) is 1.79. The molecule has 0 fully saturated rings. The van der Waals surface area contributed by atoms with Gasteiger partial charge in [0.2, 0.25) is 0 Å². The highest BCUT2D eigenvalue weighted by Crippen LogP contribution is 2.24. The van der Waals surface area contributed by atoms with Gasteiger partial charge in [0.15, 0.2) is 5.82 Å². The highest BCUT2D eigenvalue weighted by molar-refractivity contribution is 9.10. The highest BCUT2D eigenvalue weighted by atomic mass is 79.9. The Hall–Kier alpha value is -1.15. The molecule has 1 rings (SSSR count). The third-order valence-corrected chi connectivity index (χ3v) is 3.08. The molecule has 2 N–H and O–H groups in total. The van der Waals surface area contributed by atoms with E-state index in [1.165, 1.54) is 6.07 Å². The van der Waals surface area contributed by atoms with E-state index in [0.717, 1.165) is 11.8 Å². The lowest BCUT2D eigenvalue weighted by Gasteiger charge is -2.05. The van der Waals surface area contributed by atoms with E-state index >= 15 is 0 Å². The van der Waals surface area contributed by atoms with Gasteiger partial charge in [-0.3, -0.25) is 9.59 Å². The van der Waals surface area contributed by atoms with E-state index in [1.807, 2.05) is 0 Å². The summed E-state index contributed by atoms with van der Waals surface area (Å²) in [4.78, 5) is 24.6. The molecular weight excluding hydrogens is 317 g/mol. The maximum Gasteiger partial charge on any atom is 0.313 e. The van der Waals surface area contributed by atoms with Gasteiger partial charge in [-0.25, -0.2) is 9.37 Å². The number of rotatable bonds is 5. The fourth-order valence-electron chi connectivity index (χ4n) is 1.02. The Labute approximate surface area is 108 Å². The fourth-order valence-corrected chi connectivity index (χ4v) is 2.24. The van der Waals surface area contributed by atoms with E-state index in [1.54, 1.807) is 0 Å². The molecule has 0 saturated carbocycles. The van der Waals surface area contributed by atoms with Crippen LogP contribution in [0.2, 0.25) is 0 Å². The van der Waals surface area contributed by atoms with E-state index in [0.29, 0.717) is 0 Å². The Morgan fingerprint density at radius 3 is 2.59 bits per heavy atom. The lowest BCUT2D eigenvalue weighted by molar-refractivity contribution is -0.136. The molecule has 1 aromatic rings. The largest absolute Gasteiger partial charge is 0.481 e. The van der Waals surface area contributed by atoms with Crippen molar-refractivity contribution in [1.29, 1.82) is 0 Å². The van der Waals surface area contributed by atoms with Crippen LogP contribution >= 0.6 is 27.7 Å². The van der Waals surface area contributed by atoms with Gasteiger partial charge in [-0.1, -0.05) is 11.8 Å². The summed E-state index contributed by atoms with van der Waals surface area (Å²) < 4.78 is 13.3. The second kappa shape index (κ2) is 5.97. The average Bonchev–Trinajstić information content (AvgIpc) is 2.21. The van der Waals surface area contributed by atoms with Crippen LogP contribution in [0.1, 0.15) is 5.56 Å². The first-order valence-electron chi connectivity index (χ1n) is 4.31. The van der Waals surface area contributed by atoms with Crippen LogP contribution in [0, 0.1) is 5.82 Å². The SMILES string of the molecule is O=C(O)CSc1cc(CC(=O)O)c(F)c(Br)n1. The van der Waals surface area contributed by atoms with Gasteiger partial charge in [0, 0.05) is 5.56 Å². The molecule has 0 aliphatic heterocycles. The minimum Gasteiger partial charge on any atom is -0.481 e. The lowest BCUT2D eigenvalue weighted by Crippen LogP contribution is -2.05. The minimum atomic E-state index is -1.17. The summed E-state index contributed by atoms with van der Waals surface area (Å²) in [5, 5.41) is 17.3. The number of nitrogens with zero attached hydrogens (tertiary/aromatic N) is 1. The van der Waals surface area contributed by atoms with Crippen molar-refractivity contribution in [3.8, 4) is 0 Å². The maximum atomic E-state index is 13.4. The molecule has 0 saturated heterocycles. The van der Waals surface area contributed by atoms with Crippen LogP contribution in [-0.4, -0.2) is 32.9 Å². The van der Waals surface area contributed by atoms with E-state index < -0.39 is 24.2 Å². The van der Waals surface area contributed by atoms with Crippen molar-refractivity contribution in [2.75, 3.05) is 5.75 Å². The summed E-state index contributed by atoms with van der Waals surface area (Å²) in [7, 11) is 0. The number of carbonyl (C=O) groups is 2. The van der Waals surface area contributed by atoms with Crippen molar-refractivity contribution in [2.24, 2.45) is 0 Å². The van der Waals surface area contributed by atoms with Crippen molar-refractivity contribution < 1.29 is 24.2 Å². The summed E-state index contributed by atoms with van der Waals surface area (Å²) in [5.74, 6) is -3.17. The highest BCUT2D eigenvalue weighted by Gasteiger charge is 2.14. The maximum absolute atomic E-state index is 13.4. The molecule has 0 aromatic carbocycles. The van der Waals surface area contributed by atoms with Gasteiger partial charge in [0.1, 0.15) is 4.60 Å². The first kappa shape index (κ1) is 13.9. The summed E-state index contributed by atoms with van der Waals surface area (Å²) in [6.07, 6.45) is -0.479. The quantitative estimate of drug-likeness (QED) is 0.634. The number of halogens is 2. The molecule has 0 unspecified atom stereocenters. The van der Waals surface area contributed by atoms with Crippen molar-refractivity contribution in [1.82, 2.24) is 4.98 Å².